The molecule has 0 atom stereocenters. The lowest BCUT2D eigenvalue weighted by Gasteiger charge is -2.05. The first-order valence-corrected chi connectivity index (χ1v) is 4.13. The molecule has 0 radical (unpaired) electrons. The predicted octanol–water partition coefficient (Wildman–Crippen LogP) is 0.205. The Labute approximate surface area is 88.2 Å². The van der Waals surface area contributed by atoms with Crippen LogP contribution in [0.2, 0.25) is 0 Å². The highest BCUT2D eigenvalue weighted by molar-refractivity contribution is 6.34. The van der Waals surface area contributed by atoms with Gasteiger partial charge in [0.1, 0.15) is 17.5 Å². The molecule has 1 aromatic carbocycles. The molecule has 0 aliphatic rings. The van der Waals surface area contributed by atoms with E-state index < -0.39 is 41.4 Å². The van der Waals surface area contributed by atoms with Crippen LogP contribution in [0.15, 0.2) is 12.1 Å². The molecule has 0 unspecified atom stereocenters. The number of nitrogens with one attached hydrogen (secondary N) is 1. The van der Waals surface area contributed by atoms with Crippen molar-refractivity contribution in [3.63, 3.8) is 0 Å². The van der Waals surface area contributed by atoms with Crippen LogP contribution in [0.25, 0.3) is 0 Å². The second-order valence-corrected chi connectivity index (χ2v) is 2.89. The minimum absolute atomic E-state index is 0.467. The van der Waals surface area contributed by atoms with E-state index in [0.717, 1.165) is 0 Å². The standard InChI is InChI=1S/C9H7F3N2O2/c10-4-1-6(11)5(7(12)2-4)3-14-9(16)8(13)15/h1-2H,3H2,(H2,13,15)(H,14,16). The molecule has 16 heavy (non-hydrogen) atoms. The topological polar surface area (TPSA) is 72.2 Å². The summed E-state index contributed by atoms with van der Waals surface area (Å²) in [5.41, 5.74) is 4.06. The van der Waals surface area contributed by atoms with Crippen LogP contribution in [0.4, 0.5) is 13.2 Å². The van der Waals surface area contributed by atoms with Crippen molar-refractivity contribution >= 4 is 11.8 Å². The van der Waals surface area contributed by atoms with Gasteiger partial charge in [-0.1, -0.05) is 0 Å². The summed E-state index contributed by atoms with van der Waals surface area (Å²) < 4.78 is 38.5. The molecule has 0 fully saturated rings. The van der Waals surface area contributed by atoms with Crippen LogP contribution in [0.3, 0.4) is 0 Å². The Balaban J connectivity index is 2.82. The second kappa shape index (κ2) is 4.65. The van der Waals surface area contributed by atoms with Gasteiger partial charge in [0.05, 0.1) is 0 Å². The molecule has 2 amide bonds. The third kappa shape index (κ3) is 2.72. The minimum atomic E-state index is -1.28. The van der Waals surface area contributed by atoms with Crippen molar-refractivity contribution in [2.45, 2.75) is 6.54 Å². The number of benzene rings is 1. The van der Waals surface area contributed by atoms with E-state index in [9.17, 15) is 22.8 Å². The van der Waals surface area contributed by atoms with Crippen molar-refractivity contribution in [2.75, 3.05) is 0 Å². The molecule has 0 saturated heterocycles. The SMILES string of the molecule is NC(=O)C(=O)NCc1c(F)cc(F)cc1F. The van der Waals surface area contributed by atoms with Gasteiger partial charge in [0.25, 0.3) is 0 Å². The van der Waals surface area contributed by atoms with Crippen LogP contribution in [0, 0.1) is 17.5 Å². The highest BCUT2D eigenvalue weighted by Crippen LogP contribution is 2.14. The summed E-state index contributed by atoms with van der Waals surface area (Å²) in [6, 6.07) is 0.934. The first-order valence-electron chi connectivity index (χ1n) is 4.13. The van der Waals surface area contributed by atoms with Crippen LogP contribution in [0.5, 0.6) is 0 Å². The van der Waals surface area contributed by atoms with Crippen molar-refractivity contribution < 1.29 is 22.8 Å². The summed E-state index contributed by atoms with van der Waals surface area (Å²) in [5.74, 6) is -5.82. The number of nitrogens with two attached hydrogens (primary N) is 1. The summed E-state index contributed by atoms with van der Waals surface area (Å²) in [6.07, 6.45) is 0. The second-order valence-electron chi connectivity index (χ2n) is 2.89. The van der Waals surface area contributed by atoms with Crippen LogP contribution in [-0.2, 0) is 16.1 Å². The molecule has 0 aliphatic heterocycles. The lowest BCUT2D eigenvalue weighted by atomic mass is 10.2. The Morgan fingerprint density at radius 2 is 1.69 bits per heavy atom. The summed E-state index contributed by atoms with van der Waals surface area (Å²) in [7, 11) is 0. The average Bonchev–Trinajstić information content (AvgIpc) is 2.15. The van der Waals surface area contributed by atoms with E-state index in [1.807, 2.05) is 5.32 Å². The number of amides is 2. The molecule has 1 aromatic rings. The molecular formula is C9H7F3N2O2. The third-order valence-electron chi connectivity index (χ3n) is 1.76. The maximum absolute atomic E-state index is 13.0. The summed E-state index contributed by atoms with van der Waals surface area (Å²) >= 11 is 0. The quantitative estimate of drug-likeness (QED) is 0.715. The predicted molar refractivity (Wildman–Crippen MR) is 47.4 cm³/mol. The van der Waals surface area contributed by atoms with Gasteiger partial charge in [-0.2, -0.15) is 0 Å². The van der Waals surface area contributed by atoms with Gasteiger partial charge in [-0.3, -0.25) is 9.59 Å². The zero-order valence-electron chi connectivity index (χ0n) is 7.89. The zero-order chi connectivity index (χ0) is 12.3. The molecule has 1 rings (SSSR count). The first-order chi connectivity index (χ1) is 7.41. The molecule has 3 N–H and O–H groups in total. The van der Waals surface area contributed by atoms with Crippen LogP contribution < -0.4 is 11.1 Å². The van der Waals surface area contributed by atoms with Crippen molar-refractivity contribution in [1.29, 1.82) is 0 Å². The van der Waals surface area contributed by atoms with Gasteiger partial charge in [-0.05, 0) is 0 Å². The maximum atomic E-state index is 13.0. The monoisotopic (exact) mass is 232 g/mol. The van der Waals surface area contributed by atoms with E-state index in [4.69, 9.17) is 0 Å². The van der Waals surface area contributed by atoms with E-state index in [1.54, 1.807) is 0 Å². The Kier molecular flexibility index (Phi) is 3.49. The number of carbonyl (C=O) groups excluding carboxylic acids is 2. The largest absolute Gasteiger partial charge is 0.361 e. The van der Waals surface area contributed by atoms with E-state index in [1.165, 1.54) is 0 Å². The van der Waals surface area contributed by atoms with Gasteiger partial charge in [-0.15, -0.1) is 0 Å². The van der Waals surface area contributed by atoms with E-state index in [-0.39, 0.29) is 0 Å². The third-order valence-corrected chi connectivity index (χ3v) is 1.76. The number of hydrogen-bond donors (Lipinski definition) is 2. The summed E-state index contributed by atoms with van der Waals surface area (Å²) in [6.45, 7) is -0.584. The number of primary amides is 1. The Hall–Kier alpha value is -2.05. The molecule has 0 aliphatic carbocycles. The molecule has 0 heterocycles. The normalized spacial score (nSPS) is 9.94. The molecular weight excluding hydrogens is 225 g/mol. The maximum Gasteiger partial charge on any atom is 0.309 e. The molecule has 86 valence electrons. The Bertz CT molecular complexity index is 425. The lowest BCUT2D eigenvalue weighted by Crippen LogP contribution is -2.35. The molecule has 0 bridgehead atoms. The van der Waals surface area contributed by atoms with E-state index in [2.05, 4.69) is 5.73 Å². The minimum Gasteiger partial charge on any atom is -0.361 e. The summed E-state index contributed by atoms with van der Waals surface area (Å²) in [5, 5.41) is 1.88. The fourth-order valence-electron chi connectivity index (χ4n) is 0.997. The number of rotatable bonds is 2. The Morgan fingerprint density at radius 3 is 2.12 bits per heavy atom. The van der Waals surface area contributed by atoms with Crippen molar-refractivity contribution in [3.05, 3.63) is 35.1 Å². The zero-order valence-corrected chi connectivity index (χ0v) is 7.89. The van der Waals surface area contributed by atoms with Gasteiger partial charge in [0.15, 0.2) is 0 Å². The summed E-state index contributed by atoms with van der Waals surface area (Å²) in [4.78, 5) is 21.0. The van der Waals surface area contributed by atoms with Gasteiger partial charge in [0.2, 0.25) is 0 Å². The van der Waals surface area contributed by atoms with Crippen LogP contribution >= 0.6 is 0 Å². The highest BCUT2D eigenvalue weighted by Gasteiger charge is 2.14. The fourth-order valence-corrected chi connectivity index (χ4v) is 0.997. The number of hydrogen-bond acceptors (Lipinski definition) is 2. The smallest absolute Gasteiger partial charge is 0.309 e. The van der Waals surface area contributed by atoms with Gasteiger partial charge < -0.3 is 11.1 Å². The molecule has 0 aromatic heterocycles. The van der Waals surface area contributed by atoms with Gasteiger partial charge in [0, 0.05) is 24.2 Å². The average molecular weight is 232 g/mol. The van der Waals surface area contributed by atoms with Crippen LogP contribution in [-0.4, -0.2) is 11.8 Å². The van der Waals surface area contributed by atoms with Crippen molar-refractivity contribution in [2.24, 2.45) is 5.73 Å². The van der Waals surface area contributed by atoms with Gasteiger partial charge >= 0.3 is 11.8 Å². The molecule has 0 spiro atoms. The van der Waals surface area contributed by atoms with E-state index in [0.29, 0.717) is 12.1 Å². The fraction of sp³-hybridized carbons (Fsp3) is 0.111. The lowest BCUT2D eigenvalue weighted by molar-refractivity contribution is -0.137. The first kappa shape index (κ1) is 12.0. The van der Waals surface area contributed by atoms with E-state index >= 15 is 0 Å². The van der Waals surface area contributed by atoms with Crippen molar-refractivity contribution in [1.82, 2.24) is 5.32 Å². The van der Waals surface area contributed by atoms with Gasteiger partial charge in [-0.25, -0.2) is 13.2 Å². The van der Waals surface area contributed by atoms with Crippen molar-refractivity contribution in [3.8, 4) is 0 Å². The molecule has 0 saturated carbocycles. The highest BCUT2D eigenvalue weighted by atomic mass is 19.1. The number of halogens is 3. The number of carbonyl (C=O) groups is 2. The molecule has 7 heteroatoms. The Morgan fingerprint density at radius 1 is 1.19 bits per heavy atom. The van der Waals surface area contributed by atoms with Crippen LogP contribution in [0.1, 0.15) is 5.56 Å². The molecule has 4 nitrogen and oxygen atoms in total.